The molecule has 1 aromatic rings. The zero-order chi connectivity index (χ0) is 10.7. The largest absolute Gasteiger partial charge is 0.379 e. The Kier molecular flexibility index (Phi) is 3.28. The third-order valence-electron chi connectivity index (χ3n) is 2.48. The van der Waals surface area contributed by atoms with Crippen LogP contribution in [0.3, 0.4) is 0 Å². The maximum absolute atomic E-state index is 7.18. The zero-order valence-electron chi connectivity index (χ0n) is 8.40. The Morgan fingerprint density at radius 1 is 1.53 bits per heavy atom. The van der Waals surface area contributed by atoms with Crippen molar-refractivity contribution in [1.82, 2.24) is 0 Å². The number of hydrogen-bond acceptors (Lipinski definition) is 3. The van der Waals surface area contributed by atoms with Gasteiger partial charge in [-0.2, -0.15) is 0 Å². The number of ether oxygens (including phenoxy) is 1. The summed E-state index contributed by atoms with van der Waals surface area (Å²) in [6, 6.07) is 8.32. The second-order valence-electron chi connectivity index (χ2n) is 3.48. The molecule has 1 atom stereocenters. The van der Waals surface area contributed by atoms with E-state index in [9.17, 15) is 0 Å². The summed E-state index contributed by atoms with van der Waals surface area (Å²) in [5, 5.41) is 7.34. The second-order valence-corrected chi connectivity index (χ2v) is 4.55. The number of rotatable bonds is 2. The highest BCUT2D eigenvalue weighted by Crippen LogP contribution is 2.29. The number of thioether (sulfide) groups is 1. The topological polar surface area (TPSA) is 59.1 Å². The maximum Gasteiger partial charge on any atom is 0.151 e. The van der Waals surface area contributed by atoms with Crippen LogP contribution in [0.25, 0.3) is 0 Å². The lowest BCUT2D eigenvalue weighted by molar-refractivity contribution is 0.0589. The third-order valence-corrected chi connectivity index (χ3v) is 3.26. The van der Waals surface area contributed by atoms with Crippen LogP contribution in [0.5, 0.6) is 0 Å². The minimum atomic E-state index is 0.0869. The fourth-order valence-electron chi connectivity index (χ4n) is 1.78. The molecule has 0 saturated heterocycles. The van der Waals surface area contributed by atoms with Gasteiger partial charge in [-0.25, -0.2) is 0 Å². The summed E-state index contributed by atoms with van der Waals surface area (Å²) in [6.45, 7) is 0.764. The molecule has 1 aliphatic rings. The molecule has 0 amide bonds. The Morgan fingerprint density at radius 3 is 3.13 bits per heavy atom. The first kappa shape index (κ1) is 10.5. The minimum Gasteiger partial charge on any atom is -0.379 e. The molecule has 0 aliphatic carbocycles. The number of amidine groups is 1. The molecule has 80 valence electrons. The van der Waals surface area contributed by atoms with Crippen molar-refractivity contribution in [3.8, 4) is 0 Å². The van der Waals surface area contributed by atoms with Crippen LogP contribution >= 0.6 is 11.8 Å². The normalized spacial score (nSPS) is 19.6. The van der Waals surface area contributed by atoms with Crippen molar-refractivity contribution < 1.29 is 4.74 Å². The zero-order valence-corrected chi connectivity index (χ0v) is 9.22. The third kappa shape index (κ3) is 2.52. The van der Waals surface area contributed by atoms with Crippen molar-refractivity contribution in [2.45, 2.75) is 12.5 Å². The molecular formula is C11H14N2OS. The Hall–Kier alpha value is -1.00. The molecule has 0 spiro atoms. The summed E-state index contributed by atoms with van der Waals surface area (Å²) < 4.78 is 5.68. The molecule has 0 fully saturated rings. The van der Waals surface area contributed by atoms with E-state index in [1.807, 2.05) is 6.07 Å². The summed E-state index contributed by atoms with van der Waals surface area (Å²) in [5.41, 5.74) is 7.93. The Balaban J connectivity index is 2.11. The van der Waals surface area contributed by atoms with Gasteiger partial charge < -0.3 is 10.5 Å². The van der Waals surface area contributed by atoms with Crippen molar-refractivity contribution >= 4 is 16.9 Å². The molecular weight excluding hydrogens is 208 g/mol. The monoisotopic (exact) mass is 222 g/mol. The van der Waals surface area contributed by atoms with Crippen LogP contribution in [0.15, 0.2) is 24.3 Å². The van der Waals surface area contributed by atoms with Crippen LogP contribution in [0.1, 0.15) is 17.2 Å². The molecule has 1 aliphatic heterocycles. The van der Waals surface area contributed by atoms with Gasteiger partial charge in [-0.05, 0) is 17.5 Å². The molecule has 3 N–H and O–H groups in total. The van der Waals surface area contributed by atoms with E-state index in [4.69, 9.17) is 15.9 Å². The van der Waals surface area contributed by atoms with E-state index in [1.54, 1.807) is 0 Å². The van der Waals surface area contributed by atoms with Gasteiger partial charge in [0.15, 0.2) is 5.17 Å². The lowest BCUT2D eigenvalue weighted by Crippen LogP contribution is -2.19. The van der Waals surface area contributed by atoms with Gasteiger partial charge in [-0.1, -0.05) is 36.0 Å². The number of nitrogens with two attached hydrogens (primary N) is 1. The van der Waals surface area contributed by atoms with Gasteiger partial charge >= 0.3 is 0 Å². The fraction of sp³-hybridized carbons (Fsp3) is 0.364. The van der Waals surface area contributed by atoms with E-state index < -0.39 is 0 Å². The molecule has 0 saturated carbocycles. The average Bonchev–Trinajstić information content (AvgIpc) is 2.26. The predicted molar refractivity (Wildman–Crippen MR) is 63.2 cm³/mol. The molecule has 15 heavy (non-hydrogen) atoms. The lowest BCUT2D eigenvalue weighted by atomic mass is 9.99. The Labute approximate surface area is 93.5 Å². The number of benzene rings is 1. The van der Waals surface area contributed by atoms with Gasteiger partial charge in [0.05, 0.1) is 12.7 Å². The lowest BCUT2D eigenvalue weighted by Gasteiger charge is -2.25. The predicted octanol–water partition coefficient (Wildman–Crippen LogP) is 1.93. The first-order valence-corrected chi connectivity index (χ1v) is 5.92. The van der Waals surface area contributed by atoms with Crippen molar-refractivity contribution in [1.29, 1.82) is 5.41 Å². The smallest absolute Gasteiger partial charge is 0.151 e. The van der Waals surface area contributed by atoms with E-state index >= 15 is 0 Å². The van der Waals surface area contributed by atoms with Crippen LogP contribution in [0.2, 0.25) is 0 Å². The summed E-state index contributed by atoms with van der Waals surface area (Å²) >= 11 is 1.34. The summed E-state index contributed by atoms with van der Waals surface area (Å²) in [7, 11) is 0. The van der Waals surface area contributed by atoms with Crippen LogP contribution < -0.4 is 5.73 Å². The van der Waals surface area contributed by atoms with E-state index in [2.05, 4.69) is 18.2 Å². The highest BCUT2D eigenvalue weighted by Gasteiger charge is 2.20. The molecule has 2 rings (SSSR count). The van der Waals surface area contributed by atoms with Gasteiger partial charge in [0.1, 0.15) is 0 Å². The Morgan fingerprint density at radius 2 is 2.33 bits per heavy atom. The van der Waals surface area contributed by atoms with Gasteiger partial charge in [0, 0.05) is 5.75 Å². The molecule has 3 nitrogen and oxygen atoms in total. The second kappa shape index (κ2) is 4.68. The first-order chi connectivity index (χ1) is 7.27. The first-order valence-electron chi connectivity index (χ1n) is 4.93. The van der Waals surface area contributed by atoms with Crippen LogP contribution in [0, 0.1) is 5.41 Å². The SMILES string of the molecule is N=C(N)SCC1OCCc2ccccc21. The number of nitrogens with one attached hydrogen (secondary N) is 1. The molecule has 1 unspecified atom stereocenters. The van der Waals surface area contributed by atoms with Gasteiger partial charge in [-0.3, -0.25) is 5.41 Å². The van der Waals surface area contributed by atoms with E-state index in [-0.39, 0.29) is 11.3 Å². The van der Waals surface area contributed by atoms with E-state index in [0.717, 1.165) is 18.8 Å². The van der Waals surface area contributed by atoms with Crippen molar-refractivity contribution in [2.24, 2.45) is 5.73 Å². The van der Waals surface area contributed by atoms with Crippen LogP contribution in [-0.4, -0.2) is 17.5 Å². The molecule has 1 aromatic carbocycles. The standard InChI is InChI=1S/C11H14N2OS/c12-11(13)15-7-10-9-4-2-1-3-8(9)5-6-14-10/h1-4,10H,5-7H2,(H3,12,13). The minimum absolute atomic E-state index is 0.0869. The highest BCUT2D eigenvalue weighted by molar-refractivity contribution is 8.13. The van der Waals surface area contributed by atoms with Crippen molar-refractivity contribution in [3.63, 3.8) is 0 Å². The fourth-order valence-corrected chi connectivity index (χ4v) is 2.39. The molecule has 0 aromatic heterocycles. The van der Waals surface area contributed by atoms with Crippen molar-refractivity contribution in [2.75, 3.05) is 12.4 Å². The van der Waals surface area contributed by atoms with E-state index in [0.29, 0.717) is 0 Å². The molecule has 1 heterocycles. The van der Waals surface area contributed by atoms with Gasteiger partial charge in [-0.15, -0.1) is 0 Å². The number of fused-ring (bicyclic) bond motifs is 1. The van der Waals surface area contributed by atoms with Gasteiger partial charge in [0.2, 0.25) is 0 Å². The molecule has 4 heteroatoms. The highest BCUT2D eigenvalue weighted by atomic mass is 32.2. The molecule has 0 radical (unpaired) electrons. The van der Waals surface area contributed by atoms with Crippen molar-refractivity contribution in [3.05, 3.63) is 35.4 Å². The van der Waals surface area contributed by atoms with Crippen LogP contribution in [0.4, 0.5) is 0 Å². The summed E-state index contributed by atoms with van der Waals surface area (Å²) in [5.74, 6) is 0.729. The maximum atomic E-state index is 7.18. The number of hydrogen-bond donors (Lipinski definition) is 2. The molecule has 0 bridgehead atoms. The quantitative estimate of drug-likeness (QED) is 0.593. The average molecular weight is 222 g/mol. The summed E-state index contributed by atoms with van der Waals surface area (Å²) in [6.07, 6.45) is 1.07. The van der Waals surface area contributed by atoms with Crippen LogP contribution in [-0.2, 0) is 11.2 Å². The van der Waals surface area contributed by atoms with E-state index in [1.165, 1.54) is 22.9 Å². The van der Waals surface area contributed by atoms with Gasteiger partial charge in [0.25, 0.3) is 0 Å². The summed E-state index contributed by atoms with van der Waals surface area (Å²) in [4.78, 5) is 0. The Bertz CT molecular complexity index is 367.